The minimum absolute atomic E-state index is 0.0541. The van der Waals surface area contributed by atoms with Gasteiger partial charge in [0.2, 0.25) is 11.8 Å². The average molecular weight is 456 g/mol. The monoisotopic (exact) mass is 455 g/mol. The number of nitrogens with zero attached hydrogens (tertiary/aromatic N) is 5. The van der Waals surface area contributed by atoms with Gasteiger partial charge in [-0.25, -0.2) is 4.98 Å². The first kappa shape index (κ1) is 22.8. The van der Waals surface area contributed by atoms with E-state index in [1.165, 1.54) is 5.57 Å². The molecule has 2 fully saturated rings. The molecular formula is C25H34ClN5O. The second-order valence-corrected chi connectivity index (χ2v) is 9.35. The van der Waals surface area contributed by atoms with Crippen molar-refractivity contribution in [2.24, 2.45) is 0 Å². The molecule has 172 valence electrons. The summed E-state index contributed by atoms with van der Waals surface area (Å²) in [6.45, 7) is 11.2. The Bertz CT molecular complexity index is 1000. The number of aromatic nitrogens is 4. The van der Waals surface area contributed by atoms with Crippen molar-refractivity contribution in [1.82, 2.24) is 19.7 Å². The molecule has 0 N–H and O–H groups in total. The van der Waals surface area contributed by atoms with Crippen LogP contribution in [0, 0.1) is 6.92 Å². The number of allylic oxidation sites excluding steroid dienone is 4. The van der Waals surface area contributed by atoms with Gasteiger partial charge in [0, 0.05) is 44.2 Å². The molecule has 7 heteroatoms. The van der Waals surface area contributed by atoms with Crippen LogP contribution in [0.1, 0.15) is 64.3 Å². The van der Waals surface area contributed by atoms with E-state index in [9.17, 15) is 0 Å². The van der Waals surface area contributed by atoms with Gasteiger partial charge in [-0.2, -0.15) is 0 Å². The van der Waals surface area contributed by atoms with Crippen LogP contribution in [0.4, 0.5) is 5.95 Å². The first-order chi connectivity index (χ1) is 15.5. The average Bonchev–Trinajstić information content (AvgIpc) is 3.48. The third-order valence-corrected chi connectivity index (χ3v) is 6.91. The van der Waals surface area contributed by atoms with E-state index in [0.29, 0.717) is 10.9 Å². The lowest BCUT2D eigenvalue weighted by Gasteiger charge is -2.33. The largest absolute Gasteiger partial charge is 0.474 e. The third kappa shape index (κ3) is 4.56. The van der Waals surface area contributed by atoms with Crippen LogP contribution in [-0.2, 0) is 12.0 Å². The lowest BCUT2D eigenvalue weighted by Crippen LogP contribution is -2.40. The van der Waals surface area contributed by atoms with Crippen molar-refractivity contribution in [2.75, 3.05) is 18.0 Å². The normalized spacial score (nSPS) is 19.0. The molecule has 0 spiro atoms. The zero-order chi connectivity index (χ0) is 22.7. The summed E-state index contributed by atoms with van der Waals surface area (Å²) < 4.78 is 8.50. The molecule has 32 heavy (non-hydrogen) atoms. The summed E-state index contributed by atoms with van der Waals surface area (Å²) in [5, 5.41) is 10.00. The van der Waals surface area contributed by atoms with E-state index >= 15 is 0 Å². The van der Waals surface area contributed by atoms with Crippen molar-refractivity contribution in [2.45, 2.75) is 77.9 Å². The first-order valence-electron chi connectivity index (χ1n) is 11.8. The summed E-state index contributed by atoms with van der Waals surface area (Å²) in [6, 6.07) is 1.90. The van der Waals surface area contributed by atoms with Gasteiger partial charge < -0.3 is 9.64 Å². The van der Waals surface area contributed by atoms with Crippen molar-refractivity contribution >= 4 is 17.5 Å². The topological polar surface area (TPSA) is 56.1 Å². The maximum atomic E-state index is 6.18. The molecule has 0 unspecified atom stereocenters. The zero-order valence-electron chi connectivity index (χ0n) is 19.6. The number of pyridine rings is 1. The van der Waals surface area contributed by atoms with Crippen LogP contribution in [0.3, 0.4) is 0 Å². The second-order valence-electron chi connectivity index (χ2n) is 8.92. The number of aryl methyl sites for hydroxylation is 1. The molecule has 0 radical (unpaired) electrons. The van der Waals surface area contributed by atoms with E-state index in [-0.39, 0.29) is 11.5 Å². The molecule has 0 amide bonds. The van der Waals surface area contributed by atoms with E-state index in [1.54, 1.807) is 6.20 Å². The van der Waals surface area contributed by atoms with Crippen molar-refractivity contribution in [1.29, 1.82) is 0 Å². The summed E-state index contributed by atoms with van der Waals surface area (Å²) in [6.07, 6.45) is 13.6. The second kappa shape index (κ2) is 9.65. The van der Waals surface area contributed by atoms with E-state index < -0.39 is 0 Å². The molecule has 1 saturated heterocycles. The Morgan fingerprint density at radius 1 is 1.25 bits per heavy atom. The Kier molecular flexibility index (Phi) is 6.89. The van der Waals surface area contributed by atoms with Crippen LogP contribution in [0.2, 0.25) is 5.02 Å². The van der Waals surface area contributed by atoms with Crippen LogP contribution in [0.15, 0.2) is 36.1 Å². The Labute approximate surface area is 196 Å². The minimum atomic E-state index is 0.0541. The van der Waals surface area contributed by atoms with E-state index in [2.05, 4.69) is 58.5 Å². The van der Waals surface area contributed by atoms with Gasteiger partial charge in [-0.15, -0.1) is 10.2 Å². The zero-order valence-corrected chi connectivity index (χ0v) is 20.4. The molecule has 0 bridgehead atoms. The summed E-state index contributed by atoms with van der Waals surface area (Å²) in [7, 11) is 0. The van der Waals surface area contributed by atoms with Crippen LogP contribution < -0.4 is 9.64 Å². The lowest BCUT2D eigenvalue weighted by atomic mass is 9.95. The number of hydrogen-bond donors (Lipinski definition) is 0. The Morgan fingerprint density at radius 3 is 2.62 bits per heavy atom. The molecular weight excluding hydrogens is 422 g/mol. The van der Waals surface area contributed by atoms with Gasteiger partial charge >= 0.3 is 0 Å². The van der Waals surface area contributed by atoms with Gasteiger partial charge in [0.15, 0.2) is 0 Å². The van der Waals surface area contributed by atoms with Gasteiger partial charge in [0.25, 0.3) is 0 Å². The Hall–Kier alpha value is -2.34. The highest BCUT2D eigenvalue weighted by atomic mass is 35.5. The van der Waals surface area contributed by atoms with Gasteiger partial charge in [-0.1, -0.05) is 42.3 Å². The van der Waals surface area contributed by atoms with Crippen LogP contribution in [0.25, 0.3) is 0 Å². The Balaban J connectivity index is 1.45. The van der Waals surface area contributed by atoms with Gasteiger partial charge in [-0.05, 0) is 46.1 Å². The molecule has 2 aromatic rings. The van der Waals surface area contributed by atoms with Gasteiger partial charge in [-0.3, -0.25) is 4.57 Å². The summed E-state index contributed by atoms with van der Waals surface area (Å²) in [5.74, 6) is 2.79. The molecule has 1 aliphatic carbocycles. The number of anilines is 1. The molecule has 2 aromatic heterocycles. The summed E-state index contributed by atoms with van der Waals surface area (Å²) in [4.78, 5) is 6.71. The highest BCUT2D eigenvalue weighted by molar-refractivity contribution is 6.30. The number of piperidine rings is 1. The molecule has 0 aromatic carbocycles. The minimum Gasteiger partial charge on any atom is -0.474 e. The SMILES string of the molecule is CC/C=C\C=C(/C)C1(c2nnc(N3CCC(Oc4ncc(Cl)cc4C)CC3)n2CC)CC1. The van der Waals surface area contributed by atoms with Crippen molar-refractivity contribution in [3.8, 4) is 5.88 Å². The van der Waals surface area contributed by atoms with Crippen molar-refractivity contribution < 1.29 is 4.74 Å². The van der Waals surface area contributed by atoms with E-state index in [4.69, 9.17) is 21.4 Å². The number of rotatable bonds is 8. The molecule has 6 nitrogen and oxygen atoms in total. The molecule has 0 atom stereocenters. The molecule has 3 heterocycles. The maximum Gasteiger partial charge on any atom is 0.227 e. The standard InChI is InChI=1S/C25H34ClN5O/c1-5-7-8-9-19(4)25(12-13-25)23-28-29-24(31(23)6-2)30-14-10-21(11-15-30)32-22-18(3)16-20(26)17-27-22/h7-9,16-17,21H,5-6,10-15H2,1-4H3/b8-7-,19-9+. The predicted octanol–water partition coefficient (Wildman–Crippen LogP) is 5.65. The van der Waals surface area contributed by atoms with Crippen molar-refractivity contribution in [3.63, 3.8) is 0 Å². The third-order valence-electron chi connectivity index (χ3n) is 6.70. The molecule has 4 rings (SSSR count). The van der Waals surface area contributed by atoms with Gasteiger partial charge in [0.05, 0.1) is 10.4 Å². The fourth-order valence-corrected chi connectivity index (χ4v) is 4.80. The first-order valence-corrected chi connectivity index (χ1v) is 12.2. The predicted molar refractivity (Wildman–Crippen MR) is 130 cm³/mol. The van der Waals surface area contributed by atoms with Gasteiger partial charge in [0.1, 0.15) is 11.9 Å². The summed E-state index contributed by atoms with van der Waals surface area (Å²) >= 11 is 6.02. The fourth-order valence-electron chi connectivity index (χ4n) is 4.58. The lowest BCUT2D eigenvalue weighted by molar-refractivity contribution is 0.162. The highest BCUT2D eigenvalue weighted by Crippen LogP contribution is 2.53. The molecule has 2 aliphatic rings. The molecule has 1 aliphatic heterocycles. The van der Waals surface area contributed by atoms with Crippen LogP contribution in [-0.4, -0.2) is 38.9 Å². The Morgan fingerprint density at radius 2 is 2.00 bits per heavy atom. The highest BCUT2D eigenvalue weighted by Gasteiger charge is 2.50. The smallest absolute Gasteiger partial charge is 0.227 e. The number of halogens is 1. The van der Waals surface area contributed by atoms with Crippen LogP contribution >= 0.6 is 11.6 Å². The van der Waals surface area contributed by atoms with Crippen LogP contribution in [0.5, 0.6) is 5.88 Å². The maximum absolute atomic E-state index is 6.18. The van der Waals surface area contributed by atoms with E-state index in [1.807, 2.05) is 13.0 Å². The molecule has 1 saturated carbocycles. The number of ether oxygens (including phenoxy) is 1. The van der Waals surface area contributed by atoms with E-state index in [0.717, 1.165) is 69.1 Å². The quantitative estimate of drug-likeness (QED) is 0.481. The number of hydrogen-bond acceptors (Lipinski definition) is 5. The van der Waals surface area contributed by atoms with Crippen molar-refractivity contribution in [3.05, 3.63) is 52.5 Å². The summed E-state index contributed by atoms with van der Waals surface area (Å²) in [5.41, 5.74) is 2.41. The fraction of sp³-hybridized carbons (Fsp3) is 0.560.